The summed E-state index contributed by atoms with van der Waals surface area (Å²) in [6.45, 7) is 0. The first-order valence-corrected chi connectivity index (χ1v) is 6.92. The predicted octanol–water partition coefficient (Wildman–Crippen LogP) is 3.25. The highest BCUT2D eigenvalue weighted by atomic mass is 79.9. The van der Waals surface area contributed by atoms with Crippen LogP contribution in [0.2, 0.25) is 0 Å². The van der Waals surface area contributed by atoms with Crippen LogP contribution in [0, 0.1) is 0 Å². The normalized spacial score (nSPS) is 15.2. The SMILES string of the molecule is Nc1nnn(-c2ccc(Br)cc2Br)c1C1CC1. The van der Waals surface area contributed by atoms with Crippen molar-refractivity contribution >= 4 is 37.7 Å². The van der Waals surface area contributed by atoms with Crippen molar-refractivity contribution in [2.24, 2.45) is 0 Å². The topological polar surface area (TPSA) is 56.7 Å². The summed E-state index contributed by atoms with van der Waals surface area (Å²) in [5, 5.41) is 8.11. The predicted molar refractivity (Wildman–Crippen MR) is 73.1 cm³/mol. The van der Waals surface area contributed by atoms with Crippen LogP contribution in [0.4, 0.5) is 5.82 Å². The van der Waals surface area contributed by atoms with Crippen molar-refractivity contribution in [3.8, 4) is 5.69 Å². The molecule has 3 rings (SSSR count). The van der Waals surface area contributed by atoms with Crippen LogP contribution in [-0.2, 0) is 0 Å². The van der Waals surface area contributed by atoms with Crippen molar-refractivity contribution in [2.75, 3.05) is 5.73 Å². The highest BCUT2D eigenvalue weighted by Gasteiger charge is 2.31. The summed E-state index contributed by atoms with van der Waals surface area (Å²) < 4.78 is 3.83. The van der Waals surface area contributed by atoms with E-state index in [2.05, 4.69) is 42.2 Å². The van der Waals surface area contributed by atoms with Gasteiger partial charge in [0.05, 0.1) is 11.4 Å². The third-order valence-corrected chi connectivity index (χ3v) is 3.96. The van der Waals surface area contributed by atoms with Gasteiger partial charge in [-0.2, -0.15) is 0 Å². The van der Waals surface area contributed by atoms with Gasteiger partial charge in [0.15, 0.2) is 5.82 Å². The van der Waals surface area contributed by atoms with Gasteiger partial charge in [0.25, 0.3) is 0 Å². The largest absolute Gasteiger partial charge is 0.381 e. The molecule has 1 heterocycles. The zero-order chi connectivity index (χ0) is 12.0. The summed E-state index contributed by atoms with van der Waals surface area (Å²) >= 11 is 6.97. The number of nitrogen functional groups attached to an aromatic ring is 1. The molecule has 1 aliphatic rings. The van der Waals surface area contributed by atoms with Gasteiger partial charge in [0, 0.05) is 14.9 Å². The number of hydrogen-bond donors (Lipinski definition) is 1. The minimum absolute atomic E-state index is 0.514. The average molecular weight is 358 g/mol. The molecule has 1 aromatic heterocycles. The van der Waals surface area contributed by atoms with E-state index in [-0.39, 0.29) is 0 Å². The van der Waals surface area contributed by atoms with E-state index in [1.165, 1.54) is 12.8 Å². The van der Waals surface area contributed by atoms with Crippen LogP contribution in [0.1, 0.15) is 24.5 Å². The Balaban J connectivity index is 2.14. The maximum Gasteiger partial charge on any atom is 0.169 e. The van der Waals surface area contributed by atoms with Crippen molar-refractivity contribution in [2.45, 2.75) is 18.8 Å². The lowest BCUT2D eigenvalue weighted by molar-refractivity contribution is 0.761. The van der Waals surface area contributed by atoms with Crippen LogP contribution in [-0.4, -0.2) is 15.0 Å². The van der Waals surface area contributed by atoms with E-state index in [1.807, 2.05) is 22.9 Å². The van der Waals surface area contributed by atoms with Crippen LogP contribution in [0.25, 0.3) is 5.69 Å². The molecular weight excluding hydrogens is 348 g/mol. The third-order valence-electron chi connectivity index (χ3n) is 2.83. The zero-order valence-corrected chi connectivity index (χ0v) is 12.1. The van der Waals surface area contributed by atoms with Crippen molar-refractivity contribution in [1.29, 1.82) is 0 Å². The Hall–Kier alpha value is -0.880. The summed E-state index contributed by atoms with van der Waals surface area (Å²) in [4.78, 5) is 0. The Labute approximate surface area is 115 Å². The van der Waals surface area contributed by atoms with E-state index in [4.69, 9.17) is 5.73 Å². The Kier molecular flexibility index (Phi) is 2.71. The molecule has 1 aliphatic carbocycles. The van der Waals surface area contributed by atoms with Gasteiger partial charge in [-0.25, -0.2) is 4.68 Å². The van der Waals surface area contributed by atoms with Gasteiger partial charge in [-0.05, 0) is 47.0 Å². The first-order valence-electron chi connectivity index (χ1n) is 5.33. The number of anilines is 1. The molecule has 0 atom stereocenters. The van der Waals surface area contributed by atoms with Gasteiger partial charge in [0.2, 0.25) is 0 Å². The quantitative estimate of drug-likeness (QED) is 0.897. The van der Waals surface area contributed by atoms with Crippen LogP contribution in [0.3, 0.4) is 0 Å². The smallest absolute Gasteiger partial charge is 0.169 e. The Morgan fingerprint density at radius 2 is 2.06 bits per heavy atom. The van der Waals surface area contributed by atoms with E-state index in [9.17, 15) is 0 Å². The molecule has 0 amide bonds. The third kappa shape index (κ3) is 1.99. The first-order chi connectivity index (χ1) is 8.16. The Morgan fingerprint density at radius 3 is 2.71 bits per heavy atom. The highest BCUT2D eigenvalue weighted by molar-refractivity contribution is 9.11. The van der Waals surface area contributed by atoms with Crippen LogP contribution in [0.5, 0.6) is 0 Å². The second-order valence-electron chi connectivity index (χ2n) is 4.14. The van der Waals surface area contributed by atoms with E-state index in [1.54, 1.807) is 0 Å². The number of halogens is 2. The molecule has 0 bridgehead atoms. The van der Waals surface area contributed by atoms with E-state index in [0.717, 1.165) is 20.3 Å². The molecule has 17 heavy (non-hydrogen) atoms. The van der Waals surface area contributed by atoms with Gasteiger partial charge < -0.3 is 5.73 Å². The maximum absolute atomic E-state index is 5.88. The van der Waals surface area contributed by atoms with Gasteiger partial charge >= 0.3 is 0 Å². The summed E-state index contributed by atoms with van der Waals surface area (Å²) in [6, 6.07) is 5.96. The minimum Gasteiger partial charge on any atom is -0.381 e. The molecule has 1 fully saturated rings. The van der Waals surface area contributed by atoms with Crippen molar-refractivity contribution in [3.05, 3.63) is 32.8 Å². The fourth-order valence-corrected chi connectivity index (χ4v) is 3.09. The first kappa shape index (κ1) is 11.2. The number of aromatic nitrogens is 3. The summed E-state index contributed by atoms with van der Waals surface area (Å²) in [6.07, 6.45) is 2.34. The fourth-order valence-electron chi connectivity index (χ4n) is 1.87. The summed E-state index contributed by atoms with van der Waals surface area (Å²) in [7, 11) is 0. The molecule has 2 N–H and O–H groups in total. The van der Waals surface area contributed by atoms with Crippen molar-refractivity contribution in [1.82, 2.24) is 15.0 Å². The maximum atomic E-state index is 5.88. The number of nitrogens with zero attached hydrogens (tertiary/aromatic N) is 3. The van der Waals surface area contributed by atoms with Crippen molar-refractivity contribution < 1.29 is 0 Å². The Bertz CT molecular complexity index is 575. The van der Waals surface area contributed by atoms with E-state index in [0.29, 0.717) is 11.7 Å². The Morgan fingerprint density at radius 1 is 1.29 bits per heavy atom. The molecule has 0 aliphatic heterocycles. The lowest BCUT2D eigenvalue weighted by Crippen LogP contribution is -2.03. The second kappa shape index (κ2) is 4.10. The number of rotatable bonds is 2. The van der Waals surface area contributed by atoms with Crippen LogP contribution in [0.15, 0.2) is 27.1 Å². The summed E-state index contributed by atoms with van der Waals surface area (Å²) in [5.41, 5.74) is 7.89. The van der Waals surface area contributed by atoms with Crippen LogP contribution >= 0.6 is 31.9 Å². The molecule has 0 spiro atoms. The molecular formula is C11H10Br2N4. The van der Waals surface area contributed by atoms with Crippen molar-refractivity contribution in [3.63, 3.8) is 0 Å². The highest BCUT2D eigenvalue weighted by Crippen LogP contribution is 2.43. The molecule has 6 heteroatoms. The standard InChI is InChI=1S/C11H10Br2N4/c12-7-3-4-9(8(13)5-7)17-10(6-1-2-6)11(14)15-16-17/h3-6H,1-2,14H2. The van der Waals surface area contributed by atoms with Gasteiger partial charge in [-0.3, -0.25) is 0 Å². The van der Waals surface area contributed by atoms with E-state index < -0.39 is 0 Å². The molecule has 2 aromatic rings. The average Bonchev–Trinajstić information content (AvgIpc) is 3.03. The number of benzene rings is 1. The number of hydrogen-bond acceptors (Lipinski definition) is 3. The molecule has 0 radical (unpaired) electrons. The molecule has 0 unspecified atom stereocenters. The lowest BCUT2D eigenvalue weighted by Gasteiger charge is -2.08. The second-order valence-corrected chi connectivity index (χ2v) is 5.91. The molecule has 1 saturated carbocycles. The molecule has 1 aromatic carbocycles. The fraction of sp³-hybridized carbons (Fsp3) is 0.273. The van der Waals surface area contributed by atoms with Gasteiger partial charge in [0.1, 0.15) is 0 Å². The monoisotopic (exact) mass is 356 g/mol. The van der Waals surface area contributed by atoms with Crippen LogP contribution < -0.4 is 5.73 Å². The van der Waals surface area contributed by atoms with Gasteiger partial charge in [-0.15, -0.1) is 5.10 Å². The molecule has 88 valence electrons. The molecule has 4 nitrogen and oxygen atoms in total. The number of nitrogens with two attached hydrogens (primary N) is 1. The zero-order valence-electron chi connectivity index (χ0n) is 8.90. The minimum atomic E-state index is 0.514. The van der Waals surface area contributed by atoms with Gasteiger partial charge in [-0.1, -0.05) is 21.1 Å². The molecule has 0 saturated heterocycles. The lowest BCUT2D eigenvalue weighted by atomic mass is 10.2. The van der Waals surface area contributed by atoms with E-state index >= 15 is 0 Å². The summed E-state index contributed by atoms with van der Waals surface area (Å²) in [5.74, 6) is 1.06.